The van der Waals surface area contributed by atoms with Gasteiger partial charge in [0.25, 0.3) is 0 Å². The second-order valence-electron chi connectivity index (χ2n) is 5.67. The monoisotopic (exact) mass is 265 g/mol. The second kappa shape index (κ2) is 6.23. The highest BCUT2D eigenvalue weighted by Crippen LogP contribution is 2.35. The van der Waals surface area contributed by atoms with Crippen LogP contribution in [0.3, 0.4) is 0 Å². The quantitative estimate of drug-likeness (QED) is 0.760. The number of benzene rings is 2. The van der Waals surface area contributed by atoms with E-state index in [1.165, 1.54) is 47.9 Å². The normalized spacial score (nSPS) is 17.1. The summed E-state index contributed by atoms with van der Waals surface area (Å²) in [6.07, 6.45) is 5.15. The zero-order chi connectivity index (χ0) is 13.8. The molecule has 1 unspecified atom stereocenters. The Bertz CT molecular complexity index is 573. The average Bonchev–Trinajstić information content (AvgIpc) is 2.66. The Balaban J connectivity index is 1.96. The standard InChI is InChI=1S/C19H23N/c1-2-3-4-13-19-18-12-8-7-11-17(18)16-10-6-5-9-15(16)14-20-19/h5-12,19-20H,2-4,13-14H2,1H3. The van der Waals surface area contributed by atoms with Crippen molar-refractivity contribution in [2.75, 3.05) is 0 Å². The molecule has 1 atom stereocenters. The molecule has 20 heavy (non-hydrogen) atoms. The minimum Gasteiger partial charge on any atom is -0.306 e. The number of hydrogen-bond donors (Lipinski definition) is 1. The maximum absolute atomic E-state index is 3.75. The van der Waals surface area contributed by atoms with Crippen LogP contribution in [0, 0.1) is 0 Å². The molecule has 2 aromatic rings. The molecule has 1 aliphatic rings. The summed E-state index contributed by atoms with van der Waals surface area (Å²) in [6.45, 7) is 3.24. The first-order valence-electron chi connectivity index (χ1n) is 7.80. The van der Waals surface area contributed by atoms with Crippen LogP contribution in [0.5, 0.6) is 0 Å². The van der Waals surface area contributed by atoms with Gasteiger partial charge in [-0.3, -0.25) is 0 Å². The third-order valence-electron chi connectivity index (χ3n) is 4.28. The van der Waals surface area contributed by atoms with E-state index in [0.717, 1.165) is 6.54 Å². The first kappa shape index (κ1) is 13.4. The van der Waals surface area contributed by atoms with Gasteiger partial charge in [0.05, 0.1) is 0 Å². The van der Waals surface area contributed by atoms with E-state index in [1.54, 1.807) is 0 Å². The first-order chi connectivity index (χ1) is 9.90. The van der Waals surface area contributed by atoms with Crippen molar-refractivity contribution in [3.05, 3.63) is 59.7 Å². The van der Waals surface area contributed by atoms with Gasteiger partial charge in [0.1, 0.15) is 0 Å². The number of hydrogen-bond acceptors (Lipinski definition) is 1. The summed E-state index contributed by atoms with van der Waals surface area (Å²) < 4.78 is 0. The third kappa shape index (κ3) is 2.64. The molecule has 0 aliphatic carbocycles. The molecule has 1 N–H and O–H groups in total. The van der Waals surface area contributed by atoms with Crippen molar-refractivity contribution >= 4 is 0 Å². The Labute approximate surface area is 122 Å². The van der Waals surface area contributed by atoms with Crippen molar-refractivity contribution in [1.29, 1.82) is 0 Å². The highest BCUT2D eigenvalue weighted by Gasteiger charge is 2.20. The minimum absolute atomic E-state index is 0.491. The van der Waals surface area contributed by atoms with Crippen molar-refractivity contribution < 1.29 is 0 Å². The summed E-state index contributed by atoms with van der Waals surface area (Å²) in [4.78, 5) is 0. The summed E-state index contributed by atoms with van der Waals surface area (Å²) in [7, 11) is 0. The summed E-state index contributed by atoms with van der Waals surface area (Å²) in [5, 5.41) is 3.75. The second-order valence-corrected chi connectivity index (χ2v) is 5.67. The molecular formula is C19H23N. The number of nitrogens with one attached hydrogen (secondary N) is 1. The van der Waals surface area contributed by atoms with Crippen molar-refractivity contribution in [3.63, 3.8) is 0 Å². The third-order valence-corrected chi connectivity index (χ3v) is 4.28. The van der Waals surface area contributed by atoms with Crippen molar-refractivity contribution in [3.8, 4) is 11.1 Å². The molecule has 1 aliphatic heterocycles. The van der Waals surface area contributed by atoms with E-state index in [-0.39, 0.29) is 0 Å². The number of rotatable bonds is 4. The lowest BCUT2D eigenvalue weighted by Crippen LogP contribution is -2.19. The van der Waals surface area contributed by atoms with Gasteiger partial charge in [0.2, 0.25) is 0 Å². The van der Waals surface area contributed by atoms with Crippen LogP contribution in [0.25, 0.3) is 11.1 Å². The zero-order valence-corrected chi connectivity index (χ0v) is 12.2. The van der Waals surface area contributed by atoms with E-state index in [0.29, 0.717) is 6.04 Å². The molecule has 104 valence electrons. The van der Waals surface area contributed by atoms with Gasteiger partial charge >= 0.3 is 0 Å². The predicted molar refractivity (Wildman–Crippen MR) is 85.6 cm³/mol. The Morgan fingerprint density at radius 2 is 1.70 bits per heavy atom. The lowest BCUT2D eigenvalue weighted by atomic mass is 9.92. The Kier molecular flexibility index (Phi) is 4.17. The smallest absolute Gasteiger partial charge is 0.0329 e. The summed E-state index contributed by atoms with van der Waals surface area (Å²) >= 11 is 0. The van der Waals surface area contributed by atoms with E-state index in [9.17, 15) is 0 Å². The fourth-order valence-electron chi connectivity index (χ4n) is 3.18. The maximum atomic E-state index is 3.75. The fourth-order valence-corrected chi connectivity index (χ4v) is 3.18. The molecule has 0 bridgehead atoms. The molecule has 0 aromatic heterocycles. The zero-order valence-electron chi connectivity index (χ0n) is 12.2. The molecule has 3 rings (SSSR count). The van der Waals surface area contributed by atoms with Gasteiger partial charge in [-0.25, -0.2) is 0 Å². The number of fused-ring (bicyclic) bond motifs is 3. The maximum Gasteiger partial charge on any atom is 0.0329 e. The van der Waals surface area contributed by atoms with E-state index < -0.39 is 0 Å². The molecule has 0 fully saturated rings. The van der Waals surface area contributed by atoms with Gasteiger partial charge in [-0.15, -0.1) is 0 Å². The van der Waals surface area contributed by atoms with Crippen molar-refractivity contribution in [1.82, 2.24) is 5.32 Å². The summed E-state index contributed by atoms with van der Waals surface area (Å²) in [5.41, 5.74) is 5.69. The van der Waals surface area contributed by atoms with E-state index in [4.69, 9.17) is 0 Å². The fraction of sp³-hybridized carbons (Fsp3) is 0.368. The topological polar surface area (TPSA) is 12.0 Å². The largest absolute Gasteiger partial charge is 0.306 e. The van der Waals surface area contributed by atoms with Crippen LogP contribution in [-0.4, -0.2) is 0 Å². The van der Waals surface area contributed by atoms with Gasteiger partial charge in [-0.1, -0.05) is 74.7 Å². The predicted octanol–water partition coefficient (Wildman–Crippen LogP) is 5.08. The van der Waals surface area contributed by atoms with Crippen LogP contribution < -0.4 is 5.32 Å². The van der Waals surface area contributed by atoms with Crippen LogP contribution in [-0.2, 0) is 6.54 Å². The summed E-state index contributed by atoms with van der Waals surface area (Å²) in [5.74, 6) is 0. The molecule has 0 amide bonds. The minimum atomic E-state index is 0.491. The van der Waals surface area contributed by atoms with E-state index >= 15 is 0 Å². The molecular weight excluding hydrogens is 242 g/mol. The first-order valence-corrected chi connectivity index (χ1v) is 7.80. The lowest BCUT2D eigenvalue weighted by molar-refractivity contribution is 0.478. The van der Waals surface area contributed by atoms with E-state index in [2.05, 4.69) is 60.8 Å². The number of unbranched alkanes of at least 4 members (excludes halogenated alkanes) is 2. The molecule has 1 heteroatoms. The van der Waals surface area contributed by atoms with Gasteiger partial charge < -0.3 is 5.32 Å². The van der Waals surface area contributed by atoms with Crippen LogP contribution in [0.1, 0.15) is 49.8 Å². The van der Waals surface area contributed by atoms with Crippen molar-refractivity contribution in [2.24, 2.45) is 0 Å². The highest BCUT2D eigenvalue weighted by molar-refractivity contribution is 5.72. The SMILES string of the molecule is CCCCCC1NCc2ccccc2-c2ccccc21. The van der Waals surface area contributed by atoms with Crippen LogP contribution in [0.4, 0.5) is 0 Å². The Morgan fingerprint density at radius 1 is 0.950 bits per heavy atom. The van der Waals surface area contributed by atoms with Crippen LogP contribution in [0.2, 0.25) is 0 Å². The van der Waals surface area contributed by atoms with Crippen LogP contribution in [0.15, 0.2) is 48.5 Å². The average molecular weight is 265 g/mol. The van der Waals surface area contributed by atoms with E-state index in [1.807, 2.05) is 0 Å². The lowest BCUT2D eigenvalue weighted by Gasteiger charge is -2.18. The summed E-state index contributed by atoms with van der Waals surface area (Å²) in [6, 6.07) is 18.2. The molecule has 0 radical (unpaired) electrons. The Morgan fingerprint density at radius 3 is 2.55 bits per heavy atom. The van der Waals surface area contributed by atoms with Gasteiger partial charge in [-0.2, -0.15) is 0 Å². The molecule has 0 saturated carbocycles. The molecule has 1 heterocycles. The van der Waals surface area contributed by atoms with Gasteiger partial charge in [-0.05, 0) is 28.7 Å². The molecule has 2 aromatic carbocycles. The van der Waals surface area contributed by atoms with Gasteiger partial charge in [0, 0.05) is 12.6 Å². The van der Waals surface area contributed by atoms with Crippen LogP contribution >= 0.6 is 0 Å². The van der Waals surface area contributed by atoms with Crippen molar-refractivity contribution in [2.45, 2.75) is 45.2 Å². The van der Waals surface area contributed by atoms with Gasteiger partial charge in [0.15, 0.2) is 0 Å². The molecule has 1 nitrogen and oxygen atoms in total. The molecule has 0 spiro atoms. The highest BCUT2D eigenvalue weighted by atomic mass is 14.9. The Hall–Kier alpha value is -1.60. The molecule has 0 saturated heterocycles.